The zero-order chi connectivity index (χ0) is 12.4. The first-order valence-electron chi connectivity index (χ1n) is 6.58. The van der Waals surface area contributed by atoms with E-state index in [0.717, 1.165) is 13.0 Å². The van der Waals surface area contributed by atoms with Gasteiger partial charge in [0.1, 0.15) is 0 Å². The van der Waals surface area contributed by atoms with Gasteiger partial charge in [0.05, 0.1) is 6.10 Å². The Kier molecular flexibility index (Phi) is 3.85. The summed E-state index contributed by atoms with van der Waals surface area (Å²) >= 11 is 0. The molecule has 94 valence electrons. The summed E-state index contributed by atoms with van der Waals surface area (Å²) in [6, 6.07) is 11.3. The van der Waals surface area contributed by atoms with Crippen LogP contribution in [0.2, 0.25) is 0 Å². The maximum atomic E-state index is 9.89. The van der Waals surface area contributed by atoms with Crippen molar-refractivity contribution in [3.8, 4) is 0 Å². The lowest BCUT2D eigenvalue weighted by atomic mass is 10.0. The van der Waals surface area contributed by atoms with Crippen LogP contribution in [0.4, 0.5) is 0 Å². The van der Waals surface area contributed by atoms with Gasteiger partial charge < -0.3 is 5.11 Å². The van der Waals surface area contributed by atoms with E-state index in [4.69, 9.17) is 0 Å². The molecule has 0 aromatic heterocycles. The van der Waals surface area contributed by atoms with Gasteiger partial charge in [0, 0.05) is 18.6 Å². The van der Waals surface area contributed by atoms with E-state index in [2.05, 4.69) is 49.1 Å². The van der Waals surface area contributed by atoms with E-state index in [0.29, 0.717) is 18.0 Å². The van der Waals surface area contributed by atoms with Crippen molar-refractivity contribution in [3.63, 3.8) is 0 Å². The molecule has 0 spiro atoms. The highest BCUT2D eigenvalue weighted by Gasteiger charge is 2.35. The molecule has 2 rings (SSSR count). The molecule has 0 bridgehead atoms. The Bertz CT molecular complexity index is 349. The average molecular weight is 233 g/mol. The van der Waals surface area contributed by atoms with E-state index in [1.165, 1.54) is 5.56 Å². The van der Waals surface area contributed by atoms with E-state index in [9.17, 15) is 5.11 Å². The standard InChI is InChI=1S/C15H23NO/c1-11-9-15(13(3)17)16(10-11)12(2)14-7-5-4-6-8-14/h4-8,11-13,15,17H,9-10H2,1-3H3. The molecule has 0 aliphatic carbocycles. The first-order valence-corrected chi connectivity index (χ1v) is 6.58. The Morgan fingerprint density at radius 1 is 1.24 bits per heavy atom. The number of rotatable bonds is 3. The molecule has 4 unspecified atom stereocenters. The van der Waals surface area contributed by atoms with Crippen molar-refractivity contribution in [2.75, 3.05) is 6.54 Å². The lowest BCUT2D eigenvalue weighted by Crippen LogP contribution is -2.39. The summed E-state index contributed by atoms with van der Waals surface area (Å²) in [5.74, 6) is 0.681. The fourth-order valence-corrected chi connectivity index (χ4v) is 2.96. The lowest BCUT2D eigenvalue weighted by Gasteiger charge is -2.32. The molecule has 17 heavy (non-hydrogen) atoms. The Balaban J connectivity index is 2.16. The summed E-state index contributed by atoms with van der Waals surface area (Å²) in [5, 5.41) is 9.89. The van der Waals surface area contributed by atoms with Gasteiger partial charge in [0.25, 0.3) is 0 Å². The van der Waals surface area contributed by atoms with Crippen molar-refractivity contribution in [1.29, 1.82) is 0 Å². The van der Waals surface area contributed by atoms with E-state index in [1.54, 1.807) is 0 Å². The quantitative estimate of drug-likeness (QED) is 0.867. The zero-order valence-corrected chi connectivity index (χ0v) is 11.0. The second-order valence-electron chi connectivity index (χ2n) is 5.43. The molecule has 0 amide bonds. The number of hydrogen-bond acceptors (Lipinski definition) is 2. The van der Waals surface area contributed by atoms with Crippen LogP contribution in [0.5, 0.6) is 0 Å². The third-order valence-corrected chi connectivity index (χ3v) is 3.93. The van der Waals surface area contributed by atoms with Crippen LogP contribution in [0.1, 0.15) is 38.8 Å². The van der Waals surface area contributed by atoms with Gasteiger partial charge in [-0.1, -0.05) is 37.3 Å². The second kappa shape index (κ2) is 5.19. The van der Waals surface area contributed by atoms with Crippen LogP contribution in [-0.2, 0) is 0 Å². The number of aliphatic hydroxyl groups is 1. The highest BCUT2D eigenvalue weighted by molar-refractivity contribution is 5.19. The summed E-state index contributed by atoms with van der Waals surface area (Å²) in [5.41, 5.74) is 1.34. The number of hydrogen-bond donors (Lipinski definition) is 1. The molecule has 1 heterocycles. The molecule has 4 atom stereocenters. The minimum Gasteiger partial charge on any atom is -0.392 e. The minimum absolute atomic E-state index is 0.244. The Morgan fingerprint density at radius 3 is 2.47 bits per heavy atom. The molecule has 1 aliphatic heterocycles. The van der Waals surface area contributed by atoms with Crippen LogP contribution in [0.25, 0.3) is 0 Å². The molecule has 1 aliphatic rings. The Hall–Kier alpha value is -0.860. The molecule has 1 N–H and O–H groups in total. The molecular formula is C15H23NO. The fourth-order valence-electron chi connectivity index (χ4n) is 2.96. The molecule has 2 nitrogen and oxygen atoms in total. The third-order valence-electron chi connectivity index (χ3n) is 3.93. The van der Waals surface area contributed by atoms with E-state index >= 15 is 0 Å². The largest absolute Gasteiger partial charge is 0.392 e. The summed E-state index contributed by atoms with van der Waals surface area (Å²) in [6.07, 6.45) is 0.862. The van der Waals surface area contributed by atoms with Gasteiger partial charge in [-0.05, 0) is 31.7 Å². The van der Waals surface area contributed by atoms with Crippen molar-refractivity contribution in [2.24, 2.45) is 5.92 Å². The van der Waals surface area contributed by atoms with Crippen LogP contribution in [-0.4, -0.2) is 28.7 Å². The summed E-state index contributed by atoms with van der Waals surface area (Å²) < 4.78 is 0. The molecule has 1 saturated heterocycles. The number of likely N-dealkylation sites (tertiary alicyclic amines) is 1. The highest BCUT2D eigenvalue weighted by Crippen LogP contribution is 2.33. The van der Waals surface area contributed by atoms with Crippen LogP contribution < -0.4 is 0 Å². The predicted molar refractivity (Wildman–Crippen MR) is 70.8 cm³/mol. The second-order valence-corrected chi connectivity index (χ2v) is 5.43. The maximum Gasteiger partial charge on any atom is 0.0667 e. The normalized spacial score (nSPS) is 29.2. The van der Waals surface area contributed by atoms with Gasteiger partial charge in [-0.15, -0.1) is 0 Å². The third kappa shape index (κ3) is 2.70. The van der Waals surface area contributed by atoms with Gasteiger partial charge in [-0.3, -0.25) is 4.90 Å². The Morgan fingerprint density at radius 2 is 1.88 bits per heavy atom. The predicted octanol–water partition coefficient (Wildman–Crippen LogP) is 2.84. The van der Waals surface area contributed by atoms with Crippen molar-refractivity contribution in [3.05, 3.63) is 35.9 Å². The van der Waals surface area contributed by atoms with Gasteiger partial charge in [-0.25, -0.2) is 0 Å². The number of nitrogens with zero attached hydrogens (tertiary/aromatic N) is 1. The van der Waals surface area contributed by atoms with Gasteiger partial charge in [0.2, 0.25) is 0 Å². The molecule has 1 aromatic carbocycles. The monoisotopic (exact) mass is 233 g/mol. The molecular weight excluding hydrogens is 210 g/mol. The topological polar surface area (TPSA) is 23.5 Å². The van der Waals surface area contributed by atoms with Gasteiger partial charge in [0.15, 0.2) is 0 Å². The van der Waals surface area contributed by atoms with Crippen LogP contribution in [0, 0.1) is 5.92 Å². The summed E-state index contributed by atoms with van der Waals surface area (Å²) in [7, 11) is 0. The van der Waals surface area contributed by atoms with E-state index in [1.807, 2.05) is 6.92 Å². The van der Waals surface area contributed by atoms with E-state index in [-0.39, 0.29) is 6.10 Å². The summed E-state index contributed by atoms with van der Waals surface area (Å²) in [6.45, 7) is 7.51. The van der Waals surface area contributed by atoms with E-state index < -0.39 is 0 Å². The first kappa shape index (κ1) is 12.6. The number of aliphatic hydroxyl groups excluding tert-OH is 1. The minimum atomic E-state index is -0.244. The van der Waals surface area contributed by atoms with Gasteiger partial charge in [-0.2, -0.15) is 0 Å². The zero-order valence-electron chi connectivity index (χ0n) is 11.0. The first-order chi connectivity index (χ1) is 8.09. The van der Waals surface area contributed by atoms with Crippen LogP contribution >= 0.6 is 0 Å². The van der Waals surface area contributed by atoms with Crippen molar-refractivity contribution >= 4 is 0 Å². The average Bonchev–Trinajstić information content (AvgIpc) is 2.72. The molecule has 0 radical (unpaired) electrons. The SMILES string of the molecule is CC1CC(C(C)O)N(C(C)c2ccccc2)C1. The smallest absolute Gasteiger partial charge is 0.0667 e. The number of benzene rings is 1. The maximum absolute atomic E-state index is 9.89. The Labute approximate surface area is 104 Å². The molecule has 1 aromatic rings. The van der Waals surface area contributed by atoms with Gasteiger partial charge >= 0.3 is 0 Å². The lowest BCUT2D eigenvalue weighted by molar-refractivity contribution is 0.0654. The van der Waals surface area contributed by atoms with Crippen LogP contribution in [0.3, 0.4) is 0 Å². The highest BCUT2D eigenvalue weighted by atomic mass is 16.3. The summed E-state index contributed by atoms with van der Waals surface area (Å²) in [4.78, 5) is 2.45. The van der Waals surface area contributed by atoms with Crippen molar-refractivity contribution < 1.29 is 5.11 Å². The van der Waals surface area contributed by atoms with Crippen molar-refractivity contribution in [1.82, 2.24) is 4.90 Å². The van der Waals surface area contributed by atoms with Crippen molar-refractivity contribution in [2.45, 2.75) is 45.4 Å². The van der Waals surface area contributed by atoms with Crippen LogP contribution in [0.15, 0.2) is 30.3 Å². The molecule has 0 saturated carbocycles. The molecule has 2 heteroatoms. The fraction of sp³-hybridized carbons (Fsp3) is 0.600. The molecule has 1 fully saturated rings.